The minimum atomic E-state index is -0.0694. The highest BCUT2D eigenvalue weighted by Gasteiger charge is 2.17. The molecule has 0 amide bonds. The molecule has 126 valence electrons. The Labute approximate surface area is 147 Å². The molecule has 0 saturated carbocycles. The molecule has 5 heteroatoms. The third kappa shape index (κ3) is 3.71. The number of halogens is 1. The fraction of sp³-hybridized carbons (Fsp3) is 0.316. The van der Waals surface area contributed by atoms with Gasteiger partial charge >= 0.3 is 0 Å². The number of nitrogens with zero attached hydrogens (tertiary/aromatic N) is 1. The molecule has 3 rings (SSSR count). The maximum absolute atomic E-state index is 12.8. The van der Waals surface area contributed by atoms with Crippen molar-refractivity contribution in [2.75, 3.05) is 37.7 Å². The highest BCUT2D eigenvalue weighted by molar-refractivity contribution is 6.35. The summed E-state index contributed by atoms with van der Waals surface area (Å²) in [7, 11) is 0. The first-order chi connectivity index (χ1) is 11.7. The fourth-order valence-corrected chi connectivity index (χ4v) is 3.04. The van der Waals surface area contributed by atoms with Crippen molar-refractivity contribution >= 4 is 23.1 Å². The first kappa shape index (κ1) is 16.8. The van der Waals surface area contributed by atoms with Gasteiger partial charge in [0.05, 0.1) is 11.6 Å². The van der Waals surface area contributed by atoms with Crippen molar-refractivity contribution in [1.82, 2.24) is 5.32 Å². The largest absolute Gasteiger partial charge is 0.494 e. The van der Waals surface area contributed by atoms with E-state index in [1.165, 1.54) is 0 Å². The van der Waals surface area contributed by atoms with Gasteiger partial charge in [0, 0.05) is 43.0 Å². The molecule has 1 aliphatic rings. The molecular weight excluding hydrogens is 324 g/mol. The number of hydrogen-bond acceptors (Lipinski definition) is 4. The van der Waals surface area contributed by atoms with Crippen LogP contribution in [0.25, 0.3) is 0 Å². The summed E-state index contributed by atoms with van der Waals surface area (Å²) in [5, 5.41) is 3.81. The van der Waals surface area contributed by atoms with E-state index in [0.29, 0.717) is 22.8 Å². The average molecular weight is 345 g/mol. The summed E-state index contributed by atoms with van der Waals surface area (Å²) in [5.74, 6) is 0.690. The lowest BCUT2D eigenvalue weighted by Gasteiger charge is -2.29. The molecule has 4 nitrogen and oxygen atoms in total. The van der Waals surface area contributed by atoms with Gasteiger partial charge in [-0.15, -0.1) is 0 Å². The third-order valence-electron chi connectivity index (χ3n) is 4.10. The Morgan fingerprint density at radius 1 is 1.17 bits per heavy atom. The number of hydrogen-bond donors (Lipinski definition) is 1. The topological polar surface area (TPSA) is 41.6 Å². The van der Waals surface area contributed by atoms with Crippen LogP contribution in [0.5, 0.6) is 5.75 Å². The number of carbonyl (C=O) groups is 1. The zero-order valence-electron chi connectivity index (χ0n) is 13.7. The predicted molar refractivity (Wildman–Crippen MR) is 97.6 cm³/mol. The van der Waals surface area contributed by atoms with Crippen LogP contribution in [-0.2, 0) is 0 Å². The molecule has 0 radical (unpaired) electrons. The monoisotopic (exact) mass is 344 g/mol. The zero-order chi connectivity index (χ0) is 16.9. The van der Waals surface area contributed by atoms with E-state index in [1.54, 1.807) is 18.2 Å². The predicted octanol–water partition coefficient (Wildman–Crippen LogP) is 3.38. The summed E-state index contributed by atoms with van der Waals surface area (Å²) in [6, 6.07) is 12.9. The first-order valence-electron chi connectivity index (χ1n) is 8.22. The third-order valence-corrected chi connectivity index (χ3v) is 4.43. The van der Waals surface area contributed by atoms with E-state index in [1.807, 2.05) is 31.2 Å². The summed E-state index contributed by atoms with van der Waals surface area (Å²) >= 11 is 6.28. The highest BCUT2D eigenvalue weighted by Crippen LogP contribution is 2.26. The molecule has 0 bridgehead atoms. The number of carbonyl (C=O) groups excluding carboxylic acids is 1. The summed E-state index contributed by atoms with van der Waals surface area (Å²) in [6.45, 7) is 6.29. The normalized spacial score (nSPS) is 14.5. The van der Waals surface area contributed by atoms with Gasteiger partial charge in [0.25, 0.3) is 0 Å². The minimum Gasteiger partial charge on any atom is -0.494 e. The lowest BCUT2D eigenvalue weighted by Crippen LogP contribution is -2.43. The molecule has 0 aliphatic carbocycles. The van der Waals surface area contributed by atoms with Crippen molar-refractivity contribution in [3.8, 4) is 5.75 Å². The quantitative estimate of drug-likeness (QED) is 0.844. The summed E-state index contributed by atoms with van der Waals surface area (Å²) in [6.07, 6.45) is 0. The van der Waals surface area contributed by atoms with E-state index >= 15 is 0 Å². The molecule has 1 saturated heterocycles. The summed E-state index contributed by atoms with van der Waals surface area (Å²) in [4.78, 5) is 15.1. The van der Waals surface area contributed by atoms with E-state index in [0.717, 1.165) is 37.6 Å². The molecule has 1 heterocycles. The molecule has 0 aromatic heterocycles. The number of ketones is 1. The molecule has 0 spiro atoms. The van der Waals surface area contributed by atoms with E-state index in [9.17, 15) is 4.79 Å². The van der Waals surface area contributed by atoms with Crippen molar-refractivity contribution in [2.24, 2.45) is 0 Å². The van der Waals surface area contributed by atoms with Crippen LogP contribution in [0, 0.1) is 0 Å². The fourth-order valence-electron chi connectivity index (χ4n) is 2.83. The van der Waals surface area contributed by atoms with E-state index in [4.69, 9.17) is 16.3 Å². The number of piperazine rings is 1. The molecule has 2 aromatic rings. The summed E-state index contributed by atoms with van der Waals surface area (Å²) in [5.41, 5.74) is 2.19. The first-order valence-corrected chi connectivity index (χ1v) is 8.59. The van der Waals surface area contributed by atoms with Crippen molar-refractivity contribution in [3.05, 3.63) is 58.6 Å². The van der Waals surface area contributed by atoms with Gasteiger partial charge in [0.15, 0.2) is 5.78 Å². The van der Waals surface area contributed by atoms with Gasteiger partial charge in [-0.05, 0) is 49.4 Å². The Balaban J connectivity index is 1.85. The minimum absolute atomic E-state index is 0.0694. The van der Waals surface area contributed by atoms with Gasteiger partial charge in [-0.2, -0.15) is 0 Å². The Hall–Kier alpha value is -2.04. The van der Waals surface area contributed by atoms with Crippen LogP contribution in [0.3, 0.4) is 0 Å². The van der Waals surface area contributed by atoms with Crippen LogP contribution in [-0.4, -0.2) is 38.6 Å². The molecule has 1 N–H and O–H groups in total. The Bertz CT molecular complexity index is 710. The van der Waals surface area contributed by atoms with Crippen molar-refractivity contribution in [1.29, 1.82) is 0 Å². The molecule has 0 atom stereocenters. The van der Waals surface area contributed by atoms with Crippen LogP contribution < -0.4 is 15.0 Å². The lowest BCUT2D eigenvalue weighted by atomic mass is 10.0. The van der Waals surface area contributed by atoms with Crippen molar-refractivity contribution < 1.29 is 9.53 Å². The Morgan fingerprint density at radius 2 is 1.88 bits per heavy atom. The van der Waals surface area contributed by atoms with Crippen LogP contribution in [0.4, 0.5) is 5.69 Å². The van der Waals surface area contributed by atoms with Gasteiger partial charge in [0.1, 0.15) is 5.75 Å². The van der Waals surface area contributed by atoms with E-state index in [-0.39, 0.29) is 5.78 Å². The second-order valence-corrected chi connectivity index (χ2v) is 6.09. The van der Waals surface area contributed by atoms with Crippen molar-refractivity contribution in [2.45, 2.75) is 6.92 Å². The SMILES string of the molecule is CCOc1ccc(C(=O)c2cc(N3CCNCC3)ccc2Cl)cc1. The molecule has 2 aromatic carbocycles. The second-order valence-electron chi connectivity index (χ2n) is 5.69. The average Bonchev–Trinajstić information content (AvgIpc) is 2.63. The van der Waals surface area contributed by atoms with Crippen LogP contribution >= 0.6 is 11.6 Å². The number of anilines is 1. The number of nitrogens with one attached hydrogen (secondary N) is 1. The van der Waals surface area contributed by atoms with E-state index in [2.05, 4.69) is 10.2 Å². The standard InChI is InChI=1S/C19H21ClN2O2/c1-2-24-16-6-3-14(4-7-16)19(23)17-13-15(5-8-18(17)20)22-11-9-21-10-12-22/h3-8,13,21H,2,9-12H2,1H3. The Kier molecular flexibility index (Phi) is 5.38. The van der Waals surface area contributed by atoms with Crippen molar-refractivity contribution in [3.63, 3.8) is 0 Å². The molecular formula is C19H21ClN2O2. The molecule has 24 heavy (non-hydrogen) atoms. The van der Waals surface area contributed by atoms with Gasteiger partial charge < -0.3 is 15.0 Å². The Morgan fingerprint density at radius 3 is 2.54 bits per heavy atom. The number of rotatable bonds is 5. The van der Waals surface area contributed by atoms with Gasteiger partial charge in [-0.25, -0.2) is 0 Å². The zero-order valence-corrected chi connectivity index (χ0v) is 14.5. The molecule has 1 aliphatic heterocycles. The van der Waals surface area contributed by atoms with Crippen LogP contribution in [0.1, 0.15) is 22.8 Å². The second kappa shape index (κ2) is 7.69. The number of benzene rings is 2. The maximum atomic E-state index is 12.8. The number of ether oxygens (including phenoxy) is 1. The molecule has 0 unspecified atom stereocenters. The van der Waals surface area contributed by atoms with Gasteiger partial charge in [-0.1, -0.05) is 11.6 Å². The molecule has 1 fully saturated rings. The van der Waals surface area contributed by atoms with Gasteiger partial charge in [0.2, 0.25) is 0 Å². The van der Waals surface area contributed by atoms with Crippen LogP contribution in [0.2, 0.25) is 5.02 Å². The van der Waals surface area contributed by atoms with Gasteiger partial charge in [-0.3, -0.25) is 4.79 Å². The smallest absolute Gasteiger partial charge is 0.194 e. The maximum Gasteiger partial charge on any atom is 0.194 e. The van der Waals surface area contributed by atoms with E-state index < -0.39 is 0 Å². The highest BCUT2D eigenvalue weighted by atomic mass is 35.5. The summed E-state index contributed by atoms with van der Waals surface area (Å²) < 4.78 is 5.42. The lowest BCUT2D eigenvalue weighted by molar-refractivity contribution is 0.103. The van der Waals surface area contributed by atoms with Crippen LogP contribution in [0.15, 0.2) is 42.5 Å².